The number of aromatic nitrogens is 5. The lowest BCUT2D eigenvalue weighted by Crippen LogP contribution is -2.00. The summed E-state index contributed by atoms with van der Waals surface area (Å²) in [7, 11) is 0. The van der Waals surface area contributed by atoms with Crippen LogP contribution < -0.4 is 0 Å². The third-order valence-electron chi connectivity index (χ3n) is 4.20. The molecule has 4 rings (SSSR count). The molecule has 0 aliphatic carbocycles. The Balaban J connectivity index is 2.15. The second kappa shape index (κ2) is 5.83. The first-order chi connectivity index (χ1) is 12.2. The molecule has 0 amide bonds. The smallest absolute Gasteiger partial charge is 0.0750 e. The maximum atomic E-state index is 4.83. The maximum absolute atomic E-state index is 4.83. The summed E-state index contributed by atoms with van der Waals surface area (Å²) in [6.07, 6.45) is 6.82. The molecule has 0 atom stereocenters. The van der Waals surface area contributed by atoms with E-state index in [0.717, 1.165) is 50.0 Å². The second-order valence-electron chi connectivity index (χ2n) is 5.66. The van der Waals surface area contributed by atoms with Crippen LogP contribution in [0.5, 0.6) is 0 Å². The molecule has 0 unspecified atom stereocenters. The van der Waals surface area contributed by atoms with Gasteiger partial charge in [0.25, 0.3) is 0 Å². The van der Waals surface area contributed by atoms with Crippen molar-refractivity contribution in [2.75, 3.05) is 0 Å². The number of fused-ring (bicyclic) bond motifs is 3. The Morgan fingerprint density at radius 1 is 1.16 bits per heavy atom. The van der Waals surface area contributed by atoms with Crippen molar-refractivity contribution < 1.29 is 0 Å². The third kappa shape index (κ3) is 2.35. The Bertz CT molecular complexity index is 1150. The van der Waals surface area contributed by atoms with E-state index in [1.807, 2.05) is 25.1 Å². The Morgan fingerprint density at radius 3 is 2.72 bits per heavy atom. The van der Waals surface area contributed by atoms with Crippen molar-refractivity contribution in [2.45, 2.75) is 6.92 Å². The second-order valence-corrected chi connectivity index (χ2v) is 5.66. The van der Waals surface area contributed by atoms with Crippen molar-refractivity contribution >= 4 is 27.5 Å². The third-order valence-corrected chi connectivity index (χ3v) is 4.20. The van der Waals surface area contributed by atoms with Crippen LogP contribution in [0, 0.1) is 6.92 Å². The van der Waals surface area contributed by atoms with Crippen molar-refractivity contribution in [2.24, 2.45) is 4.99 Å². The van der Waals surface area contributed by atoms with Crippen LogP contribution in [0.25, 0.3) is 33.1 Å². The topological polar surface area (TPSA) is 82.6 Å². The highest BCUT2D eigenvalue weighted by Gasteiger charge is 2.15. The van der Waals surface area contributed by atoms with Crippen LogP contribution in [0.3, 0.4) is 0 Å². The van der Waals surface area contributed by atoms with E-state index >= 15 is 0 Å². The first kappa shape index (κ1) is 15.0. The van der Waals surface area contributed by atoms with E-state index in [9.17, 15) is 0 Å². The summed E-state index contributed by atoms with van der Waals surface area (Å²) < 4.78 is 0. The molecule has 3 aromatic heterocycles. The zero-order valence-corrected chi connectivity index (χ0v) is 13.7. The van der Waals surface area contributed by atoms with Gasteiger partial charge in [-0.1, -0.05) is 13.2 Å². The van der Waals surface area contributed by atoms with E-state index in [1.54, 1.807) is 18.5 Å². The number of pyridine rings is 1. The predicted molar refractivity (Wildman–Crippen MR) is 101 cm³/mol. The van der Waals surface area contributed by atoms with Gasteiger partial charge in [0.15, 0.2) is 0 Å². The lowest BCUT2D eigenvalue weighted by molar-refractivity contribution is 1.05. The lowest BCUT2D eigenvalue weighted by Gasteiger charge is -2.10. The van der Waals surface area contributed by atoms with Gasteiger partial charge >= 0.3 is 0 Å². The molecule has 0 fully saturated rings. The first-order valence-corrected chi connectivity index (χ1v) is 7.81. The molecule has 4 aromatic rings. The molecule has 0 radical (unpaired) electrons. The van der Waals surface area contributed by atoms with Gasteiger partial charge in [0.1, 0.15) is 0 Å². The molecule has 6 heteroatoms. The summed E-state index contributed by atoms with van der Waals surface area (Å²) in [6, 6.07) is 5.97. The Hall–Kier alpha value is -3.54. The van der Waals surface area contributed by atoms with E-state index in [4.69, 9.17) is 4.98 Å². The van der Waals surface area contributed by atoms with E-state index in [0.29, 0.717) is 0 Å². The highest BCUT2D eigenvalue weighted by atomic mass is 15.1. The average molecular weight is 328 g/mol. The fourth-order valence-corrected chi connectivity index (χ4v) is 3.03. The molecule has 122 valence electrons. The predicted octanol–water partition coefficient (Wildman–Crippen LogP) is 3.93. The van der Waals surface area contributed by atoms with Crippen molar-refractivity contribution in [3.63, 3.8) is 0 Å². The minimum absolute atomic E-state index is 0.735. The standard InChI is InChI=1S/C19H16N6/c1-4-15(20-5-2)12-8-18(13-9-21-24-11(13)3)23-17-7-6-16-14(19(12)17)10-22-25-16/h4-10H,1-2H2,3H3,(H,21,24)(H,22,25). The van der Waals surface area contributed by atoms with Crippen LogP contribution in [0.2, 0.25) is 0 Å². The highest BCUT2D eigenvalue weighted by Crippen LogP contribution is 2.31. The van der Waals surface area contributed by atoms with E-state index < -0.39 is 0 Å². The van der Waals surface area contributed by atoms with Gasteiger partial charge in [0.2, 0.25) is 0 Å². The zero-order valence-electron chi connectivity index (χ0n) is 13.7. The quantitative estimate of drug-likeness (QED) is 0.557. The van der Waals surface area contributed by atoms with Crippen LogP contribution in [-0.2, 0) is 0 Å². The number of nitrogens with one attached hydrogen (secondary N) is 2. The normalized spacial score (nSPS) is 12.0. The number of rotatable bonds is 4. The Labute approximate surface area is 144 Å². The molecular weight excluding hydrogens is 312 g/mol. The van der Waals surface area contributed by atoms with Gasteiger partial charge in [-0.15, -0.1) is 0 Å². The number of aryl methyl sites for hydroxylation is 1. The number of hydrogen-bond acceptors (Lipinski definition) is 4. The van der Waals surface area contributed by atoms with Gasteiger partial charge < -0.3 is 0 Å². The minimum atomic E-state index is 0.735. The van der Waals surface area contributed by atoms with E-state index in [1.165, 1.54) is 6.20 Å². The van der Waals surface area contributed by atoms with Crippen molar-refractivity contribution in [1.82, 2.24) is 25.4 Å². The molecule has 0 aliphatic heterocycles. The lowest BCUT2D eigenvalue weighted by atomic mass is 9.98. The number of benzene rings is 1. The molecule has 0 bridgehead atoms. The molecule has 6 nitrogen and oxygen atoms in total. The van der Waals surface area contributed by atoms with Crippen LogP contribution in [0.4, 0.5) is 0 Å². The van der Waals surface area contributed by atoms with Crippen molar-refractivity contribution in [3.05, 3.63) is 67.3 Å². The first-order valence-electron chi connectivity index (χ1n) is 7.81. The summed E-state index contributed by atoms with van der Waals surface area (Å²) in [5.41, 5.74) is 6.22. The molecule has 25 heavy (non-hydrogen) atoms. The summed E-state index contributed by atoms with van der Waals surface area (Å²) in [5, 5.41) is 16.2. The van der Waals surface area contributed by atoms with Crippen molar-refractivity contribution in [3.8, 4) is 11.3 Å². The van der Waals surface area contributed by atoms with E-state index in [-0.39, 0.29) is 0 Å². The molecular formula is C19H16N6. The summed E-state index contributed by atoms with van der Waals surface area (Å²) >= 11 is 0. The van der Waals surface area contributed by atoms with Crippen LogP contribution in [0.1, 0.15) is 11.3 Å². The fraction of sp³-hybridized carbons (Fsp3) is 0.0526. The molecule has 3 heterocycles. The van der Waals surface area contributed by atoms with Crippen LogP contribution >= 0.6 is 0 Å². The van der Waals surface area contributed by atoms with Crippen molar-refractivity contribution in [1.29, 1.82) is 0 Å². The maximum Gasteiger partial charge on any atom is 0.0750 e. The summed E-state index contributed by atoms with van der Waals surface area (Å²) in [5.74, 6) is 0. The number of aliphatic imine (C=N–C) groups is 1. The largest absolute Gasteiger partial charge is 0.282 e. The number of nitrogens with zero attached hydrogens (tertiary/aromatic N) is 4. The molecule has 0 saturated carbocycles. The molecule has 0 aliphatic rings. The Kier molecular flexibility index (Phi) is 3.50. The molecule has 1 aromatic carbocycles. The number of H-pyrrole nitrogens is 2. The number of allylic oxidation sites excluding steroid dienone is 1. The van der Waals surface area contributed by atoms with Gasteiger partial charge in [-0.05, 0) is 31.2 Å². The summed E-state index contributed by atoms with van der Waals surface area (Å²) in [4.78, 5) is 9.21. The van der Waals surface area contributed by atoms with Gasteiger partial charge in [0, 0.05) is 33.8 Å². The van der Waals surface area contributed by atoms with Crippen LogP contribution in [-0.4, -0.2) is 31.1 Å². The van der Waals surface area contributed by atoms with Crippen LogP contribution in [0.15, 0.2) is 61.0 Å². The Morgan fingerprint density at radius 2 is 2.00 bits per heavy atom. The van der Waals surface area contributed by atoms with E-state index in [2.05, 4.69) is 38.5 Å². The SMILES string of the molecule is C=CN=C(C=C)c1cc(-c2cn[nH]c2C)nc2ccc3[nH]ncc3c12. The summed E-state index contributed by atoms with van der Waals surface area (Å²) in [6.45, 7) is 9.58. The van der Waals surface area contributed by atoms with Gasteiger partial charge in [0.05, 0.1) is 34.8 Å². The number of aromatic amines is 2. The minimum Gasteiger partial charge on any atom is -0.282 e. The van der Waals surface area contributed by atoms with Gasteiger partial charge in [-0.2, -0.15) is 10.2 Å². The highest BCUT2D eigenvalue weighted by molar-refractivity contribution is 6.22. The van der Waals surface area contributed by atoms with Gasteiger partial charge in [-0.25, -0.2) is 4.98 Å². The average Bonchev–Trinajstić information content (AvgIpc) is 3.27. The monoisotopic (exact) mass is 328 g/mol. The van der Waals surface area contributed by atoms with Gasteiger partial charge in [-0.3, -0.25) is 15.2 Å². The zero-order chi connectivity index (χ0) is 17.4. The molecule has 0 spiro atoms. The number of hydrogen-bond donors (Lipinski definition) is 2. The molecule has 2 N–H and O–H groups in total. The molecule has 0 saturated heterocycles. The fourth-order valence-electron chi connectivity index (χ4n) is 3.03.